The van der Waals surface area contributed by atoms with E-state index >= 15 is 0 Å². The highest BCUT2D eigenvalue weighted by Gasteiger charge is 2.46. The molecule has 0 saturated heterocycles. The maximum absolute atomic E-state index is 15.0. The van der Waals surface area contributed by atoms with Crippen molar-refractivity contribution in [3.8, 4) is 11.4 Å². The van der Waals surface area contributed by atoms with Crippen molar-refractivity contribution in [1.82, 2.24) is 14.9 Å². The highest BCUT2D eigenvalue weighted by atomic mass is 19.1. The Morgan fingerprint density at radius 3 is 2.74 bits per heavy atom. The molecule has 1 amide bonds. The first-order valence-electron chi connectivity index (χ1n) is 12.9. The van der Waals surface area contributed by atoms with E-state index in [1.165, 1.54) is 17.6 Å². The molecule has 1 aromatic carbocycles. The number of amides is 1. The molecule has 39 heavy (non-hydrogen) atoms. The Kier molecular flexibility index (Phi) is 5.52. The van der Waals surface area contributed by atoms with E-state index in [-0.39, 0.29) is 30.7 Å². The standard InChI is InChI=1S/C28H28FN3O7/c1-4-28(38)16-7-20-23-14(9-32(20)24(34)15(16)10-39-26(28)36)22-18(31-25(35)27(3,37)11-33)6-5-13-12(2)17(29)8-19(30-23)21(13)22/h7-8,18,33,37-38H,4-6,9-11H2,1-3H3,(H,31,35)/t18-,27?,28-/m0/s1. The van der Waals surface area contributed by atoms with E-state index in [9.17, 15) is 34.1 Å². The lowest BCUT2D eigenvalue weighted by Gasteiger charge is -2.32. The smallest absolute Gasteiger partial charge is 0.343 e. The van der Waals surface area contributed by atoms with Crippen LogP contribution in [0.15, 0.2) is 16.9 Å². The summed E-state index contributed by atoms with van der Waals surface area (Å²) in [5, 5.41) is 34.5. The highest BCUT2D eigenvalue weighted by Crippen LogP contribution is 2.46. The number of nitrogens with one attached hydrogen (secondary N) is 1. The van der Waals surface area contributed by atoms with Crippen LogP contribution < -0.4 is 10.9 Å². The number of aryl methyl sites for hydroxylation is 1. The van der Waals surface area contributed by atoms with Gasteiger partial charge in [0.05, 0.1) is 41.7 Å². The predicted molar refractivity (Wildman–Crippen MR) is 136 cm³/mol. The van der Waals surface area contributed by atoms with Gasteiger partial charge in [0.1, 0.15) is 12.4 Å². The van der Waals surface area contributed by atoms with E-state index in [2.05, 4.69) is 5.32 Å². The summed E-state index contributed by atoms with van der Waals surface area (Å²) in [6.07, 6.45) is 0.845. The Hall–Kier alpha value is -3.67. The molecule has 11 heteroatoms. The summed E-state index contributed by atoms with van der Waals surface area (Å²) in [4.78, 5) is 43.8. The molecule has 3 aliphatic rings. The Labute approximate surface area is 222 Å². The summed E-state index contributed by atoms with van der Waals surface area (Å²) in [5.74, 6) is -2.02. The second kappa shape index (κ2) is 8.41. The number of nitrogens with zero attached hydrogens (tertiary/aromatic N) is 2. The number of rotatable bonds is 4. The number of pyridine rings is 2. The molecule has 0 fully saturated rings. The molecule has 3 aromatic rings. The van der Waals surface area contributed by atoms with Crippen LogP contribution >= 0.6 is 0 Å². The topological polar surface area (TPSA) is 151 Å². The van der Waals surface area contributed by atoms with Gasteiger partial charge in [0.15, 0.2) is 11.2 Å². The number of aromatic nitrogens is 2. The van der Waals surface area contributed by atoms with Gasteiger partial charge in [-0.25, -0.2) is 14.2 Å². The van der Waals surface area contributed by atoms with Gasteiger partial charge in [-0.05, 0) is 55.9 Å². The molecule has 0 saturated carbocycles. The molecule has 2 aromatic heterocycles. The van der Waals surface area contributed by atoms with Gasteiger partial charge in [0.2, 0.25) is 0 Å². The molecular weight excluding hydrogens is 509 g/mol. The number of esters is 1. The fourth-order valence-electron chi connectivity index (χ4n) is 6.08. The van der Waals surface area contributed by atoms with Crippen LogP contribution in [-0.2, 0) is 39.5 Å². The lowest BCUT2D eigenvalue weighted by atomic mass is 9.81. The number of cyclic esters (lactones) is 1. The predicted octanol–water partition coefficient (Wildman–Crippen LogP) is 1.37. The Morgan fingerprint density at radius 1 is 1.31 bits per heavy atom. The third-order valence-electron chi connectivity index (χ3n) is 8.48. The van der Waals surface area contributed by atoms with Gasteiger partial charge in [-0.3, -0.25) is 9.59 Å². The van der Waals surface area contributed by atoms with Crippen molar-refractivity contribution < 1.29 is 34.0 Å². The van der Waals surface area contributed by atoms with Crippen molar-refractivity contribution in [3.05, 3.63) is 61.7 Å². The van der Waals surface area contributed by atoms with Crippen molar-refractivity contribution >= 4 is 22.8 Å². The highest BCUT2D eigenvalue weighted by molar-refractivity contribution is 5.94. The van der Waals surface area contributed by atoms with E-state index in [1.54, 1.807) is 19.9 Å². The fourth-order valence-corrected chi connectivity index (χ4v) is 6.08. The number of aliphatic hydroxyl groups excluding tert-OH is 1. The molecule has 0 radical (unpaired) electrons. The summed E-state index contributed by atoms with van der Waals surface area (Å²) in [7, 11) is 0. The van der Waals surface area contributed by atoms with Crippen molar-refractivity contribution in [2.75, 3.05) is 6.61 Å². The number of benzene rings is 1. The van der Waals surface area contributed by atoms with Crippen LogP contribution in [0.3, 0.4) is 0 Å². The lowest BCUT2D eigenvalue weighted by molar-refractivity contribution is -0.172. The molecule has 4 heterocycles. The maximum atomic E-state index is 15.0. The molecule has 1 aliphatic carbocycles. The summed E-state index contributed by atoms with van der Waals surface area (Å²) in [6.45, 7) is 3.58. The zero-order chi connectivity index (χ0) is 28.0. The average molecular weight is 538 g/mol. The first kappa shape index (κ1) is 25.6. The summed E-state index contributed by atoms with van der Waals surface area (Å²) >= 11 is 0. The SMILES string of the molecule is CC[C@@]1(O)C(=O)OCc2c1cc1n(c2=O)Cc2c-1nc1cc(F)c(C)c3c1c2[C@@H](NC(=O)C(C)(O)CO)CC3. The molecule has 3 atom stereocenters. The number of carbonyl (C=O) groups excluding carboxylic acids is 2. The molecule has 6 rings (SSSR count). The Balaban J connectivity index is 1.62. The van der Waals surface area contributed by atoms with Crippen molar-refractivity contribution in [2.24, 2.45) is 0 Å². The number of hydrogen-bond donors (Lipinski definition) is 4. The second-order valence-electron chi connectivity index (χ2n) is 10.8. The Morgan fingerprint density at radius 2 is 2.05 bits per heavy atom. The second-order valence-corrected chi connectivity index (χ2v) is 10.8. The van der Waals surface area contributed by atoms with Crippen molar-refractivity contribution in [1.29, 1.82) is 0 Å². The molecule has 0 spiro atoms. The summed E-state index contributed by atoms with van der Waals surface area (Å²) in [6, 6.07) is 2.30. The molecule has 10 nitrogen and oxygen atoms in total. The minimum atomic E-state index is -2.01. The summed E-state index contributed by atoms with van der Waals surface area (Å²) in [5.41, 5.74) is -0.425. The van der Waals surface area contributed by atoms with Gasteiger partial charge >= 0.3 is 5.97 Å². The van der Waals surface area contributed by atoms with E-state index in [1.807, 2.05) is 0 Å². The van der Waals surface area contributed by atoms with E-state index in [4.69, 9.17) is 9.72 Å². The van der Waals surface area contributed by atoms with E-state index in [0.29, 0.717) is 51.8 Å². The zero-order valence-electron chi connectivity index (χ0n) is 21.7. The van der Waals surface area contributed by atoms with Crippen molar-refractivity contribution in [3.63, 3.8) is 0 Å². The number of hydrogen-bond acceptors (Lipinski definition) is 8. The van der Waals surface area contributed by atoms with E-state index in [0.717, 1.165) is 5.56 Å². The maximum Gasteiger partial charge on any atom is 0.343 e. The molecule has 2 aliphatic heterocycles. The third kappa shape index (κ3) is 3.43. The normalized spacial score (nSPS) is 22.5. The molecule has 204 valence electrons. The van der Waals surface area contributed by atoms with Crippen LogP contribution in [0.4, 0.5) is 4.39 Å². The molecular formula is C28H28FN3O7. The van der Waals surface area contributed by atoms with Crippen LogP contribution in [0, 0.1) is 12.7 Å². The molecule has 0 bridgehead atoms. The number of ether oxygens (including phenoxy) is 1. The largest absolute Gasteiger partial charge is 0.458 e. The van der Waals surface area contributed by atoms with Crippen LogP contribution in [0.25, 0.3) is 22.3 Å². The first-order chi connectivity index (χ1) is 18.4. The molecule has 1 unspecified atom stereocenters. The third-order valence-corrected chi connectivity index (χ3v) is 8.48. The quantitative estimate of drug-likeness (QED) is 0.285. The number of carbonyl (C=O) groups is 2. The van der Waals surface area contributed by atoms with Gasteiger partial charge in [0.25, 0.3) is 11.5 Å². The van der Waals surface area contributed by atoms with Gasteiger partial charge < -0.3 is 29.9 Å². The number of aliphatic hydroxyl groups is 3. The van der Waals surface area contributed by atoms with Gasteiger partial charge in [-0.2, -0.15) is 0 Å². The van der Waals surface area contributed by atoms with E-state index < -0.39 is 47.1 Å². The lowest BCUT2D eigenvalue weighted by Crippen LogP contribution is -2.48. The van der Waals surface area contributed by atoms with Crippen LogP contribution in [0.5, 0.6) is 0 Å². The summed E-state index contributed by atoms with van der Waals surface area (Å²) < 4.78 is 21.6. The van der Waals surface area contributed by atoms with Crippen LogP contribution in [-0.4, -0.2) is 49.0 Å². The van der Waals surface area contributed by atoms with Crippen LogP contribution in [0.1, 0.15) is 66.1 Å². The van der Waals surface area contributed by atoms with Gasteiger partial charge in [0, 0.05) is 22.6 Å². The monoisotopic (exact) mass is 537 g/mol. The number of fused-ring (bicyclic) bond motifs is 5. The minimum absolute atomic E-state index is 0.00226. The Bertz CT molecular complexity index is 1680. The average Bonchev–Trinajstić information content (AvgIpc) is 3.28. The molecule has 4 N–H and O–H groups in total. The van der Waals surface area contributed by atoms with Gasteiger partial charge in [-0.1, -0.05) is 6.92 Å². The van der Waals surface area contributed by atoms with Crippen LogP contribution in [0.2, 0.25) is 0 Å². The first-order valence-corrected chi connectivity index (χ1v) is 12.9. The van der Waals surface area contributed by atoms with Gasteiger partial charge in [-0.15, -0.1) is 0 Å². The van der Waals surface area contributed by atoms with Crippen molar-refractivity contribution in [2.45, 2.75) is 70.4 Å². The zero-order valence-corrected chi connectivity index (χ0v) is 21.7. The number of halogens is 1. The fraction of sp³-hybridized carbons (Fsp3) is 0.429. The minimum Gasteiger partial charge on any atom is -0.458 e.